The number of hydrogen-bond donors (Lipinski definition) is 0. The number of esters is 1. The Kier molecular flexibility index (Phi) is 11.7. The number of unbranched alkanes of at least 4 members (excludes halogenated alkanes) is 2. The predicted octanol–water partition coefficient (Wildman–Crippen LogP) is 9.17. The van der Waals surface area contributed by atoms with E-state index in [0.29, 0.717) is 49.2 Å². The lowest BCUT2D eigenvalue weighted by Crippen LogP contribution is -2.26. The SMILES string of the molecule is C=CCCCOc1ccc(C2CCC(C(=O)Oc3ccc(C4CCC(OCCCC)CC4)c(F)c3F)CC2)c(F)c1. The van der Waals surface area contributed by atoms with Crippen molar-refractivity contribution >= 4 is 5.97 Å². The van der Waals surface area contributed by atoms with E-state index in [-0.39, 0.29) is 29.5 Å². The minimum atomic E-state index is -1.11. The Bertz CT molecular complexity index is 1150. The third-order valence-corrected chi connectivity index (χ3v) is 8.55. The maximum Gasteiger partial charge on any atom is 0.314 e. The average molecular weight is 573 g/mol. The Hall–Kier alpha value is -2.80. The molecule has 0 aromatic heterocycles. The summed E-state index contributed by atoms with van der Waals surface area (Å²) >= 11 is 0. The van der Waals surface area contributed by atoms with Gasteiger partial charge in [-0.2, -0.15) is 4.39 Å². The van der Waals surface area contributed by atoms with Crippen LogP contribution in [-0.2, 0) is 9.53 Å². The molecule has 7 heteroatoms. The molecule has 0 spiro atoms. The summed E-state index contributed by atoms with van der Waals surface area (Å²) in [4.78, 5) is 12.8. The Labute approximate surface area is 242 Å². The molecule has 4 nitrogen and oxygen atoms in total. The van der Waals surface area contributed by atoms with Crippen LogP contribution in [-0.4, -0.2) is 25.3 Å². The lowest BCUT2D eigenvalue weighted by atomic mass is 9.78. The fourth-order valence-corrected chi connectivity index (χ4v) is 6.05. The highest BCUT2D eigenvalue weighted by atomic mass is 19.2. The van der Waals surface area contributed by atoms with Gasteiger partial charge in [0.1, 0.15) is 11.6 Å². The topological polar surface area (TPSA) is 44.8 Å². The Morgan fingerprint density at radius 1 is 0.878 bits per heavy atom. The van der Waals surface area contributed by atoms with E-state index in [9.17, 15) is 13.6 Å². The first-order valence-corrected chi connectivity index (χ1v) is 15.3. The molecule has 2 saturated carbocycles. The molecule has 0 saturated heterocycles. The molecule has 0 heterocycles. The third-order valence-electron chi connectivity index (χ3n) is 8.55. The number of rotatable bonds is 13. The number of carbonyl (C=O) groups is 1. The second-order valence-electron chi connectivity index (χ2n) is 11.4. The van der Waals surface area contributed by atoms with Gasteiger partial charge in [-0.3, -0.25) is 4.79 Å². The van der Waals surface area contributed by atoms with Crippen LogP contribution >= 0.6 is 0 Å². The Morgan fingerprint density at radius 2 is 1.56 bits per heavy atom. The molecule has 41 heavy (non-hydrogen) atoms. The van der Waals surface area contributed by atoms with Crippen LogP contribution in [0.15, 0.2) is 43.0 Å². The van der Waals surface area contributed by atoms with Crippen LogP contribution < -0.4 is 9.47 Å². The fourth-order valence-electron chi connectivity index (χ4n) is 6.05. The number of allylic oxidation sites excluding steroid dienone is 1. The molecule has 2 aliphatic carbocycles. The summed E-state index contributed by atoms with van der Waals surface area (Å²) in [7, 11) is 0. The van der Waals surface area contributed by atoms with E-state index >= 15 is 4.39 Å². The number of benzene rings is 2. The Morgan fingerprint density at radius 3 is 2.24 bits per heavy atom. The zero-order valence-corrected chi connectivity index (χ0v) is 24.1. The van der Waals surface area contributed by atoms with E-state index in [1.165, 1.54) is 12.1 Å². The molecule has 4 rings (SSSR count). The van der Waals surface area contributed by atoms with Crippen molar-refractivity contribution in [2.75, 3.05) is 13.2 Å². The molecule has 0 atom stereocenters. The summed E-state index contributed by atoms with van der Waals surface area (Å²) in [6.07, 6.45) is 11.1. The normalized spacial score (nSPS) is 22.7. The van der Waals surface area contributed by atoms with Crippen molar-refractivity contribution in [2.24, 2.45) is 5.92 Å². The minimum absolute atomic E-state index is 0.0190. The van der Waals surface area contributed by atoms with Crippen LogP contribution in [0.5, 0.6) is 11.5 Å². The molecule has 0 N–H and O–H groups in total. The van der Waals surface area contributed by atoms with Crippen molar-refractivity contribution in [3.8, 4) is 11.5 Å². The number of ether oxygens (including phenoxy) is 3. The van der Waals surface area contributed by atoms with Gasteiger partial charge in [0.2, 0.25) is 5.82 Å². The zero-order valence-electron chi connectivity index (χ0n) is 24.1. The molecule has 2 fully saturated rings. The van der Waals surface area contributed by atoms with Gasteiger partial charge in [0, 0.05) is 12.7 Å². The van der Waals surface area contributed by atoms with Gasteiger partial charge < -0.3 is 14.2 Å². The molecule has 0 unspecified atom stereocenters. The maximum absolute atomic E-state index is 15.0. The Balaban J connectivity index is 1.27. The monoisotopic (exact) mass is 572 g/mol. The van der Waals surface area contributed by atoms with Crippen LogP contribution in [0.4, 0.5) is 13.2 Å². The quantitative estimate of drug-likeness (QED) is 0.104. The fraction of sp³-hybridized carbons (Fsp3) is 0.559. The predicted molar refractivity (Wildman–Crippen MR) is 154 cm³/mol. The number of carbonyl (C=O) groups excluding carboxylic acids is 1. The summed E-state index contributed by atoms with van der Waals surface area (Å²) in [6, 6.07) is 7.87. The van der Waals surface area contributed by atoms with Gasteiger partial charge in [0.25, 0.3) is 0 Å². The summed E-state index contributed by atoms with van der Waals surface area (Å²) in [5.41, 5.74) is 0.950. The molecule has 0 amide bonds. The molecule has 224 valence electrons. The lowest BCUT2D eigenvalue weighted by Gasteiger charge is -2.29. The summed E-state index contributed by atoms with van der Waals surface area (Å²) in [5, 5.41) is 0. The highest BCUT2D eigenvalue weighted by Crippen LogP contribution is 2.40. The van der Waals surface area contributed by atoms with Gasteiger partial charge in [0.05, 0.1) is 18.6 Å². The van der Waals surface area contributed by atoms with Gasteiger partial charge in [-0.05, 0) is 106 Å². The highest BCUT2D eigenvalue weighted by Gasteiger charge is 2.32. The van der Waals surface area contributed by atoms with E-state index in [2.05, 4.69) is 13.5 Å². The zero-order chi connectivity index (χ0) is 29.2. The van der Waals surface area contributed by atoms with Crippen LogP contribution in [0.1, 0.15) is 107 Å². The second-order valence-corrected chi connectivity index (χ2v) is 11.4. The van der Waals surface area contributed by atoms with Crippen LogP contribution in [0, 0.1) is 23.4 Å². The number of halogens is 3. The first-order chi connectivity index (χ1) is 19.9. The summed E-state index contributed by atoms with van der Waals surface area (Å²) in [6.45, 7) is 7.04. The molecule has 2 aliphatic rings. The standard InChI is InChI=1S/C34H43F3O4/c1-3-5-7-21-40-27-16-17-28(30(35)22-27)23-8-10-25(11-9-23)34(38)41-31-19-18-29(32(36)33(31)37)24-12-14-26(15-13-24)39-20-6-4-2/h3,16-19,22-26H,1,4-15,20-21H2,2H3. The van der Waals surface area contributed by atoms with Crippen LogP contribution in [0.2, 0.25) is 0 Å². The van der Waals surface area contributed by atoms with E-state index in [1.54, 1.807) is 18.2 Å². The average Bonchev–Trinajstić information content (AvgIpc) is 2.99. The van der Waals surface area contributed by atoms with Crippen molar-refractivity contribution < 1.29 is 32.2 Å². The molecular formula is C34H43F3O4. The van der Waals surface area contributed by atoms with Gasteiger partial charge in [0.15, 0.2) is 11.6 Å². The molecule has 0 aliphatic heterocycles. The van der Waals surface area contributed by atoms with Gasteiger partial charge in [-0.15, -0.1) is 6.58 Å². The summed E-state index contributed by atoms with van der Waals surface area (Å²) < 4.78 is 61.7. The summed E-state index contributed by atoms with van der Waals surface area (Å²) in [5.74, 6) is -3.33. The smallest absolute Gasteiger partial charge is 0.314 e. The van der Waals surface area contributed by atoms with Gasteiger partial charge in [-0.1, -0.05) is 31.6 Å². The number of hydrogen-bond acceptors (Lipinski definition) is 4. The van der Waals surface area contributed by atoms with Gasteiger partial charge in [-0.25, -0.2) is 8.78 Å². The van der Waals surface area contributed by atoms with Crippen molar-refractivity contribution in [1.82, 2.24) is 0 Å². The van der Waals surface area contributed by atoms with Crippen LogP contribution in [0.3, 0.4) is 0 Å². The first-order valence-electron chi connectivity index (χ1n) is 15.3. The molecular weight excluding hydrogens is 529 g/mol. The third kappa shape index (κ3) is 8.37. The maximum atomic E-state index is 15.0. The van der Waals surface area contributed by atoms with Crippen molar-refractivity contribution in [2.45, 2.75) is 102 Å². The molecule has 0 bridgehead atoms. The second kappa shape index (κ2) is 15.4. The van der Waals surface area contributed by atoms with Crippen molar-refractivity contribution in [3.05, 3.63) is 71.6 Å². The lowest BCUT2D eigenvalue weighted by molar-refractivity contribution is -0.140. The highest BCUT2D eigenvalue weighted by molar-refractivity contribution is 5.75. The van der Waals surface area contributed by atoms with E-state index in [4.69, 9.17) is 14.2 Å². The minimum Gasteiger partial charge on any atom is -0.493 e. The van der Waals surface area contributed by atoms with Gasteiger partial charge >= 0.3 is 5.97 Å². The molecule has 2 aromatic carbocycles. The van der Waals surface area contributed by atoms with Crippen LogP contribution in [0.25, 0.3) is 0 Å². The molecule has 2 aromatic rings. The van der Waals surface area contributed by atoms with Crippen molar-refractivity contribution in [1.29, 1.82) is 0 Å². The van der Waals surface area contributed by atoms with E-state index in [1.807, 2.05) is 6.08 Å². The van der Waals surface area contributed by atoms with Crippen molar-refractivity contribution in [3.63, 3.8) is 0 Å². The van der Waals surface area contributed by atoms with E-state index in [0.717, 1.165) is 58.0 Å². The first kappa shape index (κ1) is 31.1. The largest absolute Gasteiger partial charge is 0.493 e. The van der Waals surface area contributed by atoms with E-state index < -0.39 is 23.5 Å². The molecule has 0 radical (unpaired) electrons.